The SMILES string of the molecule is COc1ccc(Br)c(NCc2cc(C#N)ccc2F)c1. The Balaban J connectivity index is 2.18. The topological polar surface area (TPSA) is 45.0 Å². The molecule has 102 valence electrons. The molecule has 0 unspecified atom stereocenters. The molecule has 2 aromatic carbocycles. The summed E-state index contributed by atoms with van der Waals surface area (Å²) in [4.78, 5) is 0. The molecule has 0 heterocycles. The normalized spacial score (nSPS) is 9.90. The Labute approximate surface area is 125 Å². The van der Waals surface area contributed by atoms with Gasteiger partial charge in [0.2, 0.25) is 0 Å². The number of benzene rings is 2. The number of nitrogens with one attached hydrogen (secondary N) is 1. The summed E-state index contributed by atoms with van der Waals surface area (Å²) < 4.78 is 19.7. The summed E-state index contributed by atoms with van der Waals surface area (Å²) in [5, 5.41) is 12.0. The second-order valence-electron chi connectivity index (χ2n) is 4.12. The van der Waals surface area contributed by atoms with Gasteiger partial charge >= 0.3 is 0 Å². The number of hydrogen-bond donors (Lipinski definition) is 1. The fourth-order valence-electron chi connectivity index (χ4n) is 1.74. The van der Waals surface area contributed by atoms with E-state index in [1.807, 2.05) is 24.3 Å². The summed E-state index contributed by atoms with van der Waals surface area (Å²) >= 11 is 3.42. The van der Waals surface area contributed by atoms with E-state index in [4.69, 9.17) is 10.00 Å². The average molecular weight is 335 g/mol. The zero-order valence-corrected chi connectivity index (χ0v) is 12.4. The molecule has 3 nitrogen and oxygen atoms in total. The Morgan fingerprint density at radius 2 is 2.10 bits per heavy atom. The third-order valence-corrected chi connectivity index (χ3v) is 3.51. The first kappa shape index (κ1) is 14.4. The van der Waals surface area contributed by atoms with Crippen molar-refractivity contribution in [1.29, 1.82) is 5.26 Å². The van der Waals surface area contributed by atoms with Gasteiger partial charge in [-0.1, -0.05) is 0 Å². The molecule has 0 aliphatic heterocycles. The smallest absolute Gasteiger partial charge is 0.128 e. The van der Waals surface area contributed by atoms with Crippen LogP contribution in [0.3, 0.4) is 0 Å². The van der Waals surface area contributed by atoms with Crippen LogP contribution < -0.4 is 10.1 Å². The number of halogens is 2. The van der Waals surface area contributed by atoms with Gasteiger partial charge in [-0.2, -0.15) is 5.26 Å². The minimum atomic E-state index is -0.337. The molecular formula is C15H12BrFN2O. The lowest BCUT2D eigenvalue weighted by Gasteiger charge is -2.11. The van der Waals surface area contributed by atoms with Crippen LogP contribution in [0.15, 0.2) is 40.9 Å². The van der Waals surface area contributed by atoms with E-state index in [0.717, 1.165) is 10.2 Å². The number of ether oxygens (including phenoxy) is 1. The van der Waals surface area contributed by atoms with Crippen molar-refractivity contribution in [2.24, 2.45) is 0 Å². The van der Waals surface area contributed by atoms with Crippen LogP contribution in [-0.4, -0.2) is 7.11 Å². The zero-order valence-electron chi connectivity index (χ0n) is 10.8. The molecule has 0 saturated heterocycles. The van der Waals surface area contributed by atoms with E-state index in [0.29, 0.717) is 16.9 Å². The van der Waals surface area contributed by atoms with E-state index in [1.165, 1.54) is 18.2 Å². The van der Waals surface area contributed by atoms with Gasteiger partial charge in [-0.15, -0.1) is 0 Å². The second kappa shape index (κ2) is 6.40. The van der Waals surface area contributed by atoms with Gasteiger partial charge in [0.15, 0.2) is 0 Å². The highest BCUT2D eigenvalue weighted by molar-refractivity contribution is 9.10. The molecule has 0 aliphatic carbocycles. The molecule has 0 aliphatic rings. The van der Waals surface area contributed by atoms with Crippen LogP contribution in [0.1, 0.15) is 11.1 Å². The summed E-state index contributed by atoms with van der Waals surface area (Å²) in [6.45, 7) is 0.285. The summed E-state index contributed by atoms with van der Waals surface area (Å²) in [6.07, 6.45) is 0. The van der Waals surface area contributed by atoms with E-state index in [1.54, 1.807) is 7.11 Å². The summed E-state index contributed by atoms with van der Waals surface area (Å²) in [7, 11) is 1.59. The van der Waals surface area contributed by atoms with Crippen LogP contribution in [0, 0.1) is 17.1 Å². The van der Waals surface area contributed by atoms with Gasteiger partial charge in [-0.05, 0) is 46.3 Å². The van der Waals surface area contributed by atoms with Crippen LogP contribution in [0.5, 0.6) is 5.75 Å². The van der Waals surface area contributed by atoms with Crippen molar-refractivity contribution >= 4 is 21.6 Å². The summed E-state index contributed by atoms with van der Waals surface area (Å²) in [5.41, 5.74) is 1.68. The standard InChI is InChI=1S/C15H12BrFN2O/c1-20-12-3-4-13(16)15(7-12)19-9-11-6-10(8-18)2-5-14(11)17/h2-7,19H,9H2,1H3. The van der Waals surface area contributed by atoms with Crippen LogP contribution in [0.25, 0.3) is 0 Å². The van der Waals surface area contributed by atoms with Gasteiger partial charge in [0, 0.05) is 22.6 Å². The predicted molar refractivity (Wildman–Crippen MR) is 79.1 cm³/mol. The van der Waals surface area contributed by atoms with Crippen molar-refractivity contribution in [3.05, 3.63) is 57.8 Å². The van der Waals surface area contributed by atoms with Crippen molar-refractivity contribution in [2.75, 3.05) is 12.4 Å². The molecule has 0 saturated carbocycles. The number of nitrogens with zero attached hydrogens (tertiary/aromatic N) is 1. The lowest BCUT2D eigenvalue weighted by Crippen LogP contribution is -2.03. The van der Waals surface area contributed by atoms with E-state index in [2.05, 4.69) is 21.2 Å². The number of rotatable bonds is 4. The Hall–Kier alpha value is -2.06. The Bertz CT molecular complexity index is 667. The monoisotopic (exact) mass is 334 g/mol. The Morgan fingerprint density at radius 3 is 2.80 bits per heavy atom. The molecule has 1 N–H and O–H groups in total. The quantitative estimate of drug-likeness (QED) is 0.916. The summed E-state index contributed by atoms with van der Waals surface area (Å²) in [6, 6.07) is 11.8. The number of methoxy groups -OCH3 is 1. The van der Waals surface area contributed by atoms with Crippen LogP contribution in [0.2, 0.25) is 0 Å². The van der Waals surface area contributed by atoms with Gasteiger partial charge in [0.25, 0.3) is 0 Å². The van der Waals surface area contributed by atoms with Crippen LogP contribution in [-0.2, 0) is 6.54 Å². The highest BCUT2D eigenvalue weighted by Gasteiger charge is 2.06. The highest BCUT2D eigenvalue weighted by Crippen LogP contribution is 2.27. The lowest BCUT2D eigenvalue weighted by molar-refractivity contribution is 0.415. The summed E-state index contributed by atoms with van der Waals surface area (Å²) in [5.74, 6) is 0.373. The minimum Gasteiger partial charge on any atom is -0.497 e. The number of hydrogen-bond acceptors (Lipinski definition) is 3. The van der Waals surface area contributed by atoms with E-state index < -0.39 is 0 Å². The third-order valence-electron chi connectivity index (χ3n) is 2.82. The fourth-order valence-corrected chi connectivity index (χ4v) is 2.12. The molecule has 20 heavy (non-hydrogen) atoms. The van der Waals surface area contributed by atoms with Crippen molar-refractivity contribution in [3.8, 4) is 11.8 Å². The van der Waals surface area contributed by atoms with E-state index in [9.17, 15) is 4.39 Å². The van der Waals surface area contributed by atoms with Gasteiger partial charge in [-0.25, -0.2) is 4.39 Å². The second-order valence-corrected chi connectivity index (χ2v) is 4.97. The number of anilines is 1. The molecule has 0 amide bonds. The molecule has 0 aromatic heterocycles. The maximum Gasteiger partial charge on any atom is 0.128 e. The van der Waals surface area contributed by atoms with E-state index >= 15 is 0 Å². The fraction of sp³-hybridized carbons (Fsp3) is 0.133. The van der Waals surface area contributed by atoms with Crippen molar-refractivity contribution in [3.63, 3.8) is 0 Å². The lowest BCUT2D eigenvalue weighted by atomic mass is 10.1. The molecule has 0 spiro atoms. The first-order chi connectivity index (χ1) is 9.63. The van der Waals surface area contributed by atoms with Gasteiger partial charge < -0.3 is 10.1 Å². The molecule has 0 atom stereocenters. The molecular weight excluding hydrogens is 323 g/mol. The Kier molecular flexibility index (Phi) is 4.59. The number of nitriles is 1. The third kappa shape index (κ3) is 3.28. The largest absolute Gasteiger partial charge is 0.497 e. The van der Waals surface area contributed by atoms with Gasteiger partial charge in [0.05, 0.1) is 24.4 Å². The van der Waals surface area contributed by atoms with Crippen molar-refractivity contribution in [2.45, 2.75) is 6.54 Å². The maximum absolute atomic E-state index is 13.7. The molecule has 2 aromatic rings. The first-order valence-electron chi connectivity index (χ1n) is 5.90. The maximum atomic E-state index is 13.7. The zero-order chi connectivity index (χ0) is 14.5. The van der Waals surface area contributed by atoms with E-state index in [-0.39, 0.29) is 12.4 Å². The Morgan fingerprint density at radius 1 is 1.30 bits per heavy atom. The minimum absolute atomic E-state index is 0.285. The highest BCUT2D eigenvalue weighted by atomic mass is 79.9. The molecule has 0 fully saturated rings. The van der Waals surface area contributed by atoms with Gasteiger partial charge in [0.1, 0.15) is 11.6 Å². The van der Waals surface area contributed by atoms with Gasteiger partial charge in [-0.3, -0.25) is 0 Å². The molecule has 0 bridgehead atoms. The average Bonchev–Trinajstić information content (AvgIpc) is 2.48. The first-order valence-corrected chi connectivity index (χ1v) is 6.69. The van der Waals surface area contributed by atoms with Crippen molar-refractivity contribution < 1.29 is 9.13 Å². The molecule has 5 heteroatoms. The molecule has 0 radical (unpaired) electrons. The predicted octanol–water partition coefficient (Wildman–Crippen LogP) is 4.08. The van der Waals surface area contributed by atoms with Crippen molar-refractivity contribution in [1.82, 2.24) is 0 Å². The molecule has 2 rings (SSSR count). The van der Waals surface area contributed by atoms with Crippen LogP contribution in [0.4, 0.5) is 10.1 Å². The van der Waals surface area contributed by atoms with Crippen LogP contribution >= 0.6 is 15.9 Å².